The van der Waals surface area contributed by atoms with Crippen molar-refractivity contribution in [2.75, 3.05) is 13.1 Å². The predicted molar refractivity (Wildman–Crippen MR) is 248 cm³/mol. The Bertz CT molecular complexity index is 1140. The Hall–Kier alpha value is -2.62. The molecule has 0 saturated heterocycles. The van der Waals surface area contributed by atoms with Gasteiger partial charge in [-0.25, -0.2) is 0 Å². The van der Waals surface area contributed by atoms with Gasteiger partial charge in [-0.05, 0) is 61.1 Å². The van der Waals surface area contributed by atoms with E-state index in [1.807, 2.05) is 12.1 Å². The average Bonchev–Trinajstić information content (AvgIpc) is 3.20. The van der Waals surface area contributed by atoms with Gasteiger partial charge in [-0.1, -0.05) is 219 Å². The number of rotatable bonds is 39. The molecule has 2 rings (SSSR count). The van der Waals surface area contributed by atoms with Crippen molar-refractivity contribution in [3.8, 4) is 11.5 Å². The predicted octanol–water partition coefficient (Wildman–Crippen LogP) is 16.2. The lowest BCUT2D eigenvalue weighted by atomic mass is 10.0. The van der Waals surface area contributed by atoms with Crippen LogP contribution in [0.1, 0.15) is 242 Å². The molecule has 0 fully saturated rings. The number of hydrogen-bond donors (Lipinski definition) is 2. The highest BCUT2D eigenvalue weighted by atomic mass is 16.3. The molecular weight excluding hydrogens is 685 g/mol. The Labute approximate surface area is 346 Å². The summed E-state index contributed by atoms with van der Waals surface area (Å²) < 4.78 is 0. The summed E-state index contributed by atoms with van der Waals surface area (Å²) in [6, 6.07) is 11.9. The first kappa shape index (κ1) is 49.5. The quantitative estimate of drug-likeness (QED) is 0.0525. The molecule has 56 heavy (non-hydrogen) atoms. The SMILES string of the molecule is CCCCCCCCCCCCCCCCCCc1ccc(O)c(C=NCCN=Cc2cc(CCCCCCCCCCCCCCCCCC)ccc2O)c1. The molecule has 318 valence electrons. The summed E-state index contributed by atoms with van der Waals surface area (Å²) in [5.41, 5.74) is 4.09. The minimum atomic E-state index is 0.277. The molecule has 2 N–H and O–H groups in total. The molecule has 2 aromatic carbocycles. The van der Waals surface area contributed by atoms with Crippen molar-refractivity contribution in [3.63, 3.8) is 0 Å². The molecule has 0 spiro atoms. The van der Waals surface area contributed by atoms with E-state index in [1.54, 1.807) is 24.6 Å². The van der Waals surface area contributed by atoms with E-state index in [2.05, 4.69) is 36.0 Å². The van der Waals surface area contributed by atoms with Crippen LogP contribution in [0.15, 0.2) is 46.4 Å². The molecule has 0 amide bonds. The summed E-state index contributed by atoms with van der Waals surface area (Å²) in [6.07, 6.45) is 50.0. The van der Waals surface area contributed by atoms with Gasteiger partial charge in [-0.3, -0.25) is 9.98 Å². The second-order valence-corrected chi connectivity index (χ2v) is 17.0. The van der Waals surface area contributed by atoms with Gasteiger partial charge in [0.1, 0.15) is 11.5 Å². The Kier molecular flexibility index (Phi) is 32.5. The standard InChI is InChI=1S/C52H88N2O2/c1-3-5-7-9-11-13-15-17-19-21-23-25-27-29-31-33-35-47-37-39-51(55)49(43-47)45-53-41-42-54-46-50-44-48(38-40-52(50)56)36-34-32-30-28-26-24-22-20-18-16-14-12-10-8-6-4-2/h37-40,43-46,55-56H,3-36,41-42H2,1-2H3. The topological polar surface area (TPSA) is 65.2 Å². The van der Waals surface area contributed by atoms with Gasteiger partial charge in [0.15, 0.2) is 0 Å². The van der Waals surface area contributed by atoms with Crippen LogP contribution in [0.4, 0.5) is 0 Å². The molecule has 4 nitrogen and oxygen atoms in total. The Morgan fingerprint density at radius 2 is 0.607 bits per heavy atom. The number of hydrogen-bond acceptors (Lipinski definition) is 4. The molecule has 0 radical (unpaired) electrons. The highest BCUT2D eigenvalue weighted by Crippen LogP contribution is 2.21. The van der Waals surface area contributed by atoms with Gasteiger partial charge >= 0.3 is 0 Å². The van der Waals surface area contributed by atoms with Crippen molar-refractivity contribution in [1.82, 2.24) is 0 Å². The van der Waals surface area contributed by atoms with Gasteiger partial charge in [0.05, 0.1) is 13.1 Å². The van der Waals surface area contributed by atoms with Gasteiger partial charge in [-0.2, -0.15) is 0 Å². The third-order valence-corrected chi connectivity index (χ3v) is 11.6. The number of aryl methyl sites for hydroxylation is 2. The molecule has 0 aliphatic rings. The normalized spacial score (nSPS) is 11.8. The third-order valence-electron chi connectivity index (χ3n) is 11.6. The highest BCUT2D eigenvalue weighted by Gasteiger charge is 2.04. The number of aliphatic imine (C=N–C) groups is 2. The van der Waals surface area contributed by atoms with Crippen LogP contribution in [0.25, 0.3) is 0 Å². The van der Waals surface area contributed by atoms with E-state index < -0.39 is 0 Å². The van der Waals surface area contributed by atoms with Crippen molar-refractivity contribution in [3.05, 3.63) is 58.7 Å². The summed E-state index contributed by atoms with van der Waals surface area (Å²) in [5, 5.41) is 20.8. The lowest BCUT2D eigenvalue weighted by Crippen LogP contribution is -1.94. The Morgan fingerprint density at radius 1 is 0.357 bits per heavy atom. The first-order chi connectivity index (χ1) is 27.6. The summed E-state index contributed by atoms with van der Waals surface area (Å²) in [6.45, 7) is 5.66. The van der Waals surface area contributed by atoms with E-state index >= 15 is 0 Å². The molecule has 0 heterocycles. The number of phenolic OH excluding ortho intramolecular Hbond substituents is 2. The van der Waals surface area contributed by atoms with Crippen molar-refractivity contribution in [2.45, 2.75) is 232 Å². The molecular formula is C52H88N2O2. The molecule has 0 atom stereocenters. The molecule has 0 bridgehead atoms. The molecule has 4 heteroatoms. The first-order valence-corrected chi connectivity index (χ1v) is 24.3. The van der Waals surface area contributed by atoms with Crippen LogP contribution in [-0.4, -0.2) is 35.7 Å². The van der Waals surface area contributed by atoms with Gasteiger partial charge in [-0.15, -0.1) is 0 Å². The fraction of sp³-hybridized carbons (Fsp3) is 0.731. The molecule has 0 saturated carbocycles. The van der Waals surface area contributed by atoms with E-state index in [-0.39, 0.29) is 11.5 Å². The van der Waals surface area contributed by atoms with Crippen LogP contribution in [0, 0.1) is 0 Å². The Balaban J connectivity index is 1.50. The van der Waals surface area contributed by atoms with Crippen molar-refractivity contribution in [2.24, 2.45) is 9.98 Å². The number of phenols is 2. The van der Waals surface area contributed by atoms with E-state index in [0.29, 0.717) is 13.1 Å². The zero-order valence-corrected chi connectivity index (χ0v) is 36.9. The summed E-state index contributed by atoms with van der Waals surface area (Å²) >= 11 is 0. The average molecular weight is 773 g/mol. The summed E-state index contributed by atoms with van der Waals surface area (Å²) in [5.74, 6) is 0.554. The minimum Gasteiger partial charge on any atom is -0.507 e. The van der Waals surface area contributed by atoms with Crippen molar-refractivity contribution in [1.29, 1.82) is 0 Å². The number of aromatic hydroxyl groups is 2. The van der Waals surface area contributed by atoms with E-state index in [4.69, 9.17) is 0 Å². The maximum atomic E-state index is 10.4. The number of benzene rings is 2. The van der Waals surface area contributed by atoms with Crippen LogP contribution in [0.3, 0.4) is 0 Å². The fourth-order valence-corrected chi connectivity index (χ4v) is 7.92. The third kappa shape index (κ3) is 27.9. The maximum absolute atomic E-state index is 10.4. The lowest BCUT2D eigenvalue weighted by molar-refractivity contribution is 0.473. The largest absolute Gasteiger partial charge is 0.507 e. The zero-order chi connectivity index (χ0) is 40.0. The van der Waals surface area contributed by atoms with Crippen molar-refractivity contribution >= 4 is 12.4 Å². The second kappa shape index (κ2) is 36.7. The summed E-state index contributed by atoms with van der Waals surface area (Å²) in [4.78, 5) is 9.08. The van der Waals surface area contributed by atoms with E-state index in [9.17, 15) is 10.2 Å². The van der Waals surface area contributed by atoms with Gasteiger partial charge in [0.2, 0.25) is 0 Å². The van der Waals surface area contributed by atoms with E-state index in [0.717, 1.165) is 24.0 Å². The minimum absolute atomic E-state index is 0.277. The first-order valence-electron chi connectivity index (χ1n) is 24.3. The molecule has 2 aromatic rings. The van der Waals surface area contributed by atoms with Gasteiger partial charge in [0, 0.05) is 23.6 Å². The molecule has 0 aliphatic carbocycles. The van der Waals surface area contributed by atoms with Crippen LogP contribution in [-0.2, 0) is 12.8 Å². The van der Waals surface area contributed by atoms with E-state index in [1.165, 1.54) is 217 Å². The van der Waals surface area contributed by atoms with Gasteiger partial charge in [0.25, 0.3) is 0 Å². The second-order valence-electron chi connectivity index (χ2n) is 17.0. The van der Waals surface area contributed by atoms with Crippen LogP contribution in [0.2, 0.25) is 0 Å². The Morgan fingerprint density at radius 3 is 0.875 bits per heavy atom. The number of unbranched alkanes of at least 4 members (excludes halogenated alkanes) is 30. The van der Waals surface area contributed by atoms with Crippen LogP contribution < -0.4 is 0 Å². The summed E-state index contributed by atoms with van der Waals surface area (Å²) in [7, 11) is 0. The van der Waals surface area contributed by atoms with Gasteiger partial charge < -0.3 is 10.2 Å². The molecule has 0 aliphatic heterocycles. The lowest BCUT2D eigenvalue weighted by Gasteiger charge is -2.06. The zero-order valence-electron chi connectivity index (χ0n) is 36.9. The molecule has 0 unspecified atom stereocenters. The fourth-order valence-electron chi connectivity index (χ4n) is 7.92. The maximum Gasteiger partial charge on any atom is 0.124 e. The monoisotopic (exact) mass is 773 g/mol. The van der Waals surface area contributed by atoms with Crippen LogP contribution in [0.5, 0.6) is 11.5 Å². The van der Waals surface area contributed by atoms with Crippen LogP contribution >= 0.6 is 0 Å². The van der Waals surface area contributed by atoms with Crippen molar-refractivity contribution < 1.29 is 10.2 Å². The highest BCUT2D eigenvalue weighted by molar-refractivity contribution is 5.84. The molecule has 0 aromatic heterocycles. The number of nitrogens with zero attached hydrogens (tertiary/aromatic N) is 2. The smallest absolute Gasteiger partial charge is 0.124 e.